The molecule has 29 heavy (non-hydrogen) atoms. The van der Waals surface area contributed by atoms with Gasteiger partial charge in [0.2, 0.25) is 5.90 Å². The van der Waals surface area contributed by atoms with E-state index in [1.54, 1.807) is 26.0 Å². The summed E-state index contributed by atoms with van der Waals surface area (Å²) >= 11 is 0. The van der Waals surface area contributed by atoms with E-state index < -0.39 is 39.7 Å². The van der Waals surface area contributed by atoms with Gasteiger partial charge in [0.15, 0.2) is 6.10 Å². The van der Waals surface area contributed by atoms with Gasteiger partial charge in [-0.15, -0.1) is 4.40 Å². The fourth-order valence-electron chi connectivity index (χ4n) is 2.60. The molecule has 0 aromatic heterocycles. The zero-order chi connectivity index (χ0) is 21.6. The van der Waals surface area contributed by atoms with Crippen LogP contribution in [-0.4, -0.2) is 45.2 Å². The Morgan fingerprint density at radius 3 is 2.24 bits per heavy atom. The first-order chi connectivity index (χ1) is 13.7. The molecule has 0 aliphatic rings. The maximum atomic E-state index is 13.3. The Morgan fingerprint density at radius 2 is 1.72 bits per heavy atom. The van der Waals surface area contributed by atoms with Crippen LogP contribution in [0.4, 0.5) is 4.39 Å². The zero-order valence-corrected chi connectivity index (χ0v) is 17.0. The number of nitrogens with zero attached hydrogens (tertiary/aromatic N) is 1. The number of benzene rings is 2. The van der Waals surface area contributed by atoms with Gasteiger partial charge in [0.05, 0.1) is 24.5 Å². The maximum absolute atomic E-state index is 13.3. The molecule has 2 aromatic rings. The summed E-state index contributed by atoms with van der Waals surface area (Å²) in [6.45, 7) is 3.37. The van der Waals surface area contributed by atoms with Crippen LogP contribution in [-0.2, 0) is 24.3 Å². The summed E-state index contributed by atoms with van der Waals surface area (Å²) in [6.07, 6.45) is -1.81. The van der Waals surface area contributed by atoms with E-state index in [0.29, 0.717) is 0 Å². The van der Waals surface area contributed by atoms with Crippen molar-refractivity contribution >= 4 is 21.9 Å². The number of aliphatic hydroxyl groups is 1. The number of sulfonamides is 1. The Kier molecular flexibility index (Phi) is 7.46. The van der Waals surface area contributed by atoms with Crippen molar-refractivity contribution in [2.75, 3.05) is 13.7 Å². The molecule has 0 fully saturated rings. The molecule has 0 radical (unpaired) electrons. The number of aryl methyl sites for hydroxylation is 1. The molecule has 2 rings (SSSR count). The van der Waals surface area contributed by atoms with Gasteiger partial charge in [0.25, 0.3) is 10.0 Å². The predicted molar refractivity (Wildman–Crippen MR) is 105 cm³/mol. The highest BCUT2D eigenvalue weighted by molar-refractivity contribution is 7.90. The van der Waals surface area contributed by atoms with Crippen LogP contribution in [0.1, 0.15) is 24.0 Å². The average Bonchev–Trinajstić information content (AvgIpc) is 2.69. The van der Waals surface area contributed by atoms with Crippen molar-refractivity contribution in [1.29, 1.82) is 0 Å². The van der Waals surface area contributed by atoms with Crippen LogP contribution in [0, 0.1) is 12.7 Å². The van der Waals surface area contributed by atoms with Crippen molar-refractivity contribution in [3.8, 4) is 0 Å². The quantitative estimate of drug-likeness (QED) is 0.417. The monoisotopic (exact) mass is 423 g/mol. The molecule has 0 bridgehead atoms. The molecular formula is C20H22FNO6S. The van der Waals surface area contributed by atoms with Crippen LogP contribution in [0.15, 0.2) is 57.8 Å². The molecule has 0 aliphatic heterocycles. The summed E-state index contributed by atoms with van der Waals surface area (Å²) in [6, 6.07) is 10.8. The van der Waals surface area contributed by atoms with Gasteiger partial charge in [-0.05, 0) is 43.7 Å². The second-order valence-corrected chi connectivity index (χ2v) is 7.75. The molecule has 0 saturated heterocycles. The van der Waals surface area contributed by atoms with Crippen molar-refractivity contribution < 1.29 is 32.2 Å². The van der Waals surface area contributed by atoms with E-state index in [1.807, 2.05) is 0 Å². The van der Waals surface area contributed by atoms with Crippen LogP contribution in [0.5, 0.6) is 0 Å². The molecule has 9 heteroatoms. The van der Waals surface area contributed by atoms with Gasteiger partial charge >= 0.3 is 5.97 Å². The molecule has 0 saturated carbocycles. The third kappa shape index (κ3) is 5.61. The lowest BCUT2D eigenvalue weighted by Crippen LogP contribution is -2.35. The third-order valence-corrected chi connectivity index (χ3v) is 5.37. The van der Waals surface area contributed by atoms with E-state index in [4.69, 9.17) is 9.47 Å². The van der Waals surface area contributed by atoms with E-state index in [-0.39, 0.29) is 17.1 Å². The lowest BCUT2D eigenvalue weighted by molar-refractivity contribution is -0.153. The van der Waals surface area contributed by atoms with E-state index in [2.05, 4.69) is 4.40 Å². The topological polar surface area (TPSA) is 102 Å². The molecule has 2 unspecified atom stereocenters. The smallest absolute Gasteiger partial charge is 0.336 e. The van der Waals surface area contributed by atoms with Crippen molar-refractivity contribution in [2.45, 2.75) is 30.8 Å². The number of hydrogen-bond acceptors (Lipinski definition) is 6. The minimum Gasteiger partial charge on any atom is -0.483 e. The minimum atomic E-state index is -4.20. The van der Waals surface area contributed by atoms with Gasteiger partial charge in [-0.1, -0.05) is 29.8 Å². The van der Waals surface area contributed by atoms with Crippen molar-refractivity contribution in [3.63, 3.8) is 0 Å². The Hall–Kier alpha value is -2.78. The SMILES string of the molecule is CCOC(=O)C(O)C(/C(=N/S(=O)(=O)c1ccc(C)cc1)OC)c1ccc(F)cc1. The number of carbonyl (C=O) groups excluding carboxylic acids is 1. The molecule has 7 nitrogen and oxygen atoms in total. The predicted octanol–water partition coefficient (Wildman–Crippen LogP) is 2.58. The van der Waals surface area contributed by atoms with Gasteiger partial charge in [-0.2, -0.15) is 8.42 Å². The number of hydrogen-bond donors (Lipinski definition) is 1. The molecule has 0 spiro atoms. The van der Waals surface area contributed by atoms with Crippen LogP contribution < -0.4 is 0 Å². The van der Waals surface area contributed by atoms with Crippen molar-refractivity contribution in [3.05, 3.63) is 65.5 Å². The van der Waals surface area contributed by atoms with Gasteiger partial charge < -0.3 is 14.6 Å². The van der Waals surface area contributed by atoms with Crippen molar-refractivity contribution in [1.82, 2.24) is 0 Å². The first-order valence-electron chi connectivity index (χ1n) is 8.75. The highest BCUT2D eigenvalue weighted by Crippen LogP contribution is 2.26. The highest BCUT2D eigenvalue weighted by atomic mass is 32.2. The summed E-state index contributed by atoms with van der Waals surface area (Å²) in [5, 5.41) is 10.5. The molecule has 1 N–H and O–H groups in total. The Bertz CT molecular complexity index is 971. The third-order valence-electron chi connectivity index (χ3n) is 4.08. The molecule has 2 atom stereocenters. The van der Waals surface area contributed by atoms with Crippen LogP contribution in [0.3, 0.4) is 0 Å². The van der Waals surface area contributed by atoms with Gasteiger partial charge in [0.1, 0.15) is 5.82 Å². The highest BCUT2D eigenvalue weighted by Gasteiger charge is 2.35. The van der Waals surface area contributed by atoms with Crippen LogP contribution in [0.25, 0.3) is 0 Å². The van der Waals surface area contributed by atoms with E-state index in [9.17, 15) is 22.7 Å². The fraction of sp³-hybridized carbons (Fsp3) is 0.300. The first-order valence-corrected chi connectivity index (χ1v) is 10.2. The number of ether oxygens (including phenoxy) is 2. The Balaban J connectivity index is 2.56. The number of halogens is 1. The van der Waals surface area contributed by atoms with E-state index >= 15 is 0 Å². The molecule has 156 valence electrons. The minimum absolute atomic E-state index is 0.00710. The number of aliphatic hydroxyl groups excluding tert-OH is 1. The Labute approximate surface area is 168 Å². The molecule has 0 amide bonds. The summed E-state index contributed by atoms with van der Waals surface area (Å²) in [4.78, 5) is 12.0. The largest absolute Gasteiger partial charge is 0.483 e. The first kappa shape index (κ1) is 22.5. The van der Waals surface area contributed by atoms with E-state index in [1.165, 1.54) is 24.3 Å². The molecule has 2 aromatic carbocycles. The summed E-state index contributed by atoms with van der Waals surface area (Å²) < 4.78 is 52.4. The number of rotatable bonds is 7. The second kappa shape index (κ2) is 9.62. The Morgan fingerprint density at radius 1 is 1.14 bits per heavy atom. The summed E-state index contributed by atoms with van der Waals surface area (Å²) in [7, 11) is -3.03. The normalized spacial score (nSPS) is 14.2. The molecule has 0 aliphatic carbocycles. The average molecular weight is 423 g/mol. The lowest BCUT2D eigenvalue weighted by atomic mass is 9.93. The van der Waals surface area contributed by atoms with Crippen molar-refractivity contribution in [2.24, 2.45) is 4.40 Å². The van der Waals surface area contributed by atoms with Gasteiger partial charge in [-0.25, -0.2) is 9.18 Å². The molecule has 0 heterocycles. The van der Waals surface area contributed by atoms with Gasteiger partial charge in [0, 0.05) is 0 Å². The van der Waals surface area contributed by atoms with E-state index in [0.717, 1.165) is 24.8 Å². The summed E-state index contributed by atoms with van der Waals surface area (Å²) in [5.74, 6) is -3.28. The number of methoxy groups -OCH3 is 1. The zero-order valence-electron chi connectivity index (χ0n) is 16.2. The van der Waals surface area contributed by atoms with Crippen LogP contribution in [0.2, 0.25) is 0 Å². The van der Waals surface area contributed by atoms with Crippen LogP contribution >= 0.6 is 0 Å². The number of carbonyl (C=O) groups is 1. The van der Waals surface area contributed by atoms with Gasteiger partial charge in [-0.3, -0.25) is 0 Å². The standard InChI is InChI=1S/C20H22FNO6S/c1-4-28-20(24)18(23)17(14-7-9-15(21)10-8-14)19(27-3)22-29(25,26)16-11-5-13(2)6-12-16/h5-12,17-18,23H,4H2,1-3H3/b22-19-. The maximum Gasteiger partial charge on any atom is 0.336 e. The second-order valence-electron chi connectivity index (χ2n) is 6.15. The number of esters is 1. The summed E-state index contributed by atoms with van der Waals surface area (Å²) in [5.41, 5.74) is 1.09. The molecular weight excluding hydrogens is 401 g/mol. The lowest BCUT2D eigenvalue weighted by Gasteiger charge is -2.22. The fourth-order valence-corrected chi connectivity index (χ4v) is 3.61.